The molecule has 0 fully saturated rings. The van der Waals surface area contributed by atoms with Crippen molar-refractivity contribution in [1.82, 2.24) is 0 Å². The number of rotatable bonds is 4. The molecule has 2 nitrogen and oxygen atoms in total. The normalized spacial score (nSPS) is 17.6. The van der Waals surface area contributed by atoms with E-state index in [0.29, 0.717) is 5.25 Å². The predicted molar refractivity (Wildman–Crippen MR) is 94.1 cm³/mol. The molecule has 0 bridgehead atoms. The largest absolute Gasteiger partial charge is 0.334 e. The van der Waals surface area contributed by atoms with E-state index in [1.807, 2.05) is 17.8 Å². The Morgan fingerprint density at radius 3 is 2.67 bits per heavy atom. The molecule has 0 saturated heterocycles. The van der Waals surface area contributed by atoms with Crippen LogP contribution in [0.5, 0.6) is 0 Å². The molecule has 1 N–H and O–H groups in total. The molecule has 0 aromatic heterocycles. The number of thioether (sulfide) groups is 1. The molecule has 1 atom stereocenters. The molecule has 0 radical (unpaired) electrons. The van der Waals surface area contributed by atoms with Crippen LogP contribution in [-0.4, -0.2) is 17.0 Å². The Bertz CT molecular complexity index is 622. The number of amidine groups is 1. The van der Waals surface area contributed by atoms with Gasteiger partial charge in [0.1, 0.15) is 0 Å². The molecule has 3 rings (SSSR count). The van der Waals surface area contributed by atoms with Crippen molar-refractivity contribution in [3.8, 4) is 11.1 Å². The minimum absolute atomic E-state index is 0.640. The maximum atomic E-state index is 4.63. The Kier molecular flexibility index (Phi) is 4.61. The van der Waals surface area contributed by atoms with E-state index in [1.165, 1.54) is 24.0 Å². The molecule has 3 heteroatoms. The van der Waals surface area contributed by atoms with E-state index in [0.717, 1.165) is 17.4 Å². The lowest BCUT2D eigenvalue weighted by molar-refractivity contribution is 0.754. The van der Waals surface area contributed by atoms with Crippen LogP contribution in [0.15, 0.2) is 59.6 Å². The van der Waals surface area contributed by atoms with E-state index in [2.05, 4.69) is 65.8 Å². The van der Waals surface area contributed by atoms with Gasteiger partial charge < -0.3 is 5.32 Å². The smallest absolute Gasteiger partial charge is 0.161 e. The second kappa shape index (κ2) is 6.81. The number of hydrogen-bond donors (Lipinski definition) is 1. The van der Waals surface area contributed by atoms with Gasteiger partial charge in [-0.05, 0) is 18.1 Å². The van der Waals surface area contributed by atoms with Crippen LogP contribution >= 0.6 is 11.8 Å². The molecular weight excluding hydrogens is 276 g/mol. The molecule has 1 aliphatic heterocycles. The van der Waals surface area contributed by atoms with Crippen molar-refractivity contribution in [3.63, 3.8) is 0 Å². The second-order valence-electron chi connectivity index (χ2n) is 5.21. The Labute approximate surface area is 130 Å². The van der Waals surface area contributed by atoms with E-state index in [9.17, 15) is 0 Å². The third kappa shape index (κ3) is 3.48. The highest BCUT2D eigenvalue weighted by molar-refractivity contribution is 8.15. The van der Waals surface area contributed by atoms with Gasteiger partial charge in [-0.25, -0.2) is 0 Å². The Morgan fingerprint density at radius 2 is 1.86 bits per heavy atom. The minimum atomic E-state index is 0.640. The molecule has 2 aromatic carbocycles. The number of aliphatic imine (C=N–C) groups is 1. The molecule has 0 saturated carbocycles. The maximum Gasteiger partial charge on any atom is 0.161 e. The van der Waals surface area contributed by atoms with E-state index < -0.39 is 0 Å². The van der Waals surface area contributed by atoms with Crippen molar-refractivity contribution in [2.45, 2.75) is 25.0 Å². The monoisotopic (exact) mass is 296 g/mol. The number of benzene rings is 2. The van der Waals surface area contributed by atoms with Gasteiger partial charge in [-0.15, -0.1) is 0 Å². The van der Waals surface area contributed by atoms with Crippen molar-refractivity contribution in [2.75, 3.05) is 11.9 Å². The molecule has 0 amide bonds. The van der Waals surface area contributed by atoms with Crippen molar-refractivity contribution in [2.24, 2.45) is 4.99 Å². The van der Waals surface area contributed by atoms with Crippen LogP contribution in [-0.2, 0) is 0 Å². The molecule has 108 valence electrons. The molecule has 1 heterocycles. The standard InChI is InChI=1S/C18H20N2S/c1-2-8-15-13-19-18(21-15)20-17-12-7-6-11-16(17)14-9-4-3-5-10-14/h3-7,9-12,15H,2,8,13H2,1H3,(H,19,20). The number of nitrogens with zero attached hydrogens (tertiary/aromatic N) is 1. The molecule has 1 aliphatic rings. The topological polar surface area (TPSA) is 24.4 Å². The lowest BCUT2D eigenvalue weighted by Gasteiger charge is -2.12. The van der Waals surface area contributed by atoms with E-state index in [4.69, 9.17) is 0 Å². The van der Waals surface area contributed by atoms with Crippen molar-refractivity contribution >= 4 is 22.6 Å². The zero-order valence-corrected chi connectivity index (χ0v) is 13.1. The van der Waals surface area contributed by atoms with Gasteiger partial charge >= 0.3 is 0 Å². The summed E-state index contributed by atoms with van der Waals surface area (Å²) in [6, 6.07) is 18.9. The van der Waals surface area contributed by atoms with Gasteiger partial charge in [0.2, 0.25) is 0 Å². The lowest BCUT2D eigenvalue weighted by Crippen LogP contribution is -2.08. The number of anilines is 1. The van der Waals surface area contributed by atoms with Gasteiger partial charge in [-0.1, -0.05) is 73.6 Å². The first-order valence-corrected chi connectivity index (χ1v) is 8.37. The van der Waals surface area contributed by atoms with Crippen LogP contribution in [0.25, 0.3) is 11.1 Å². The van der Waals surface area contributed by atoms with Crippen LogP contribution in [0.3, 0.4) is 0 Å². The van der Waals surface area contributed by atoms with Gasteiger partial charge in [0.15, 0.2) is 5.17 Å². The summed E-state index contributed by atoms with van der Waals surface area (Å²) in [5, 5.41) is 5.20. The average Bonchev–Trinajstić information content (AvgIpc) is 2.96. The summed E-state index contributed by atoms with van der Waals surface area (Å²) in [6.45, 7) is 3.17. The molecule has 0 aliphatic carbocycles. The van der Waals surface area contributed by atoms with Gasteiger partial charge in [0.25, 0.3) is 0 Å². The van der Waals surface area contributed by atoms with E-state index >= 15 is 0 Å². The Morgan fingerprint density at radius 1 is 1.10 bits per heavy atom. The Balaban J connectivity index is 1.78. The first kappa shape index (κ1) is 14.2. The van der Waals surface area contributed by atoms with E-state index in [-0.39, 0.29) is 0 Å². The molecule has 0 spiro atoms. The maximum absolute atomic E-state index is 4.63. The van der Waals surface area contributed by atoms with Crippen LogP contribution in [0.2, 0.25) is 0 Å². The fraction of sp³-hybridized carbons (Fsp3) is 0.278. The summed E-state index contributed by atoms with van der Waals surface area (Å²) in [4.78, 5) is 4.63. The molecule has 2 aromatic rings. The quantitative estimate of drug-likeness (QED) is 0.855. The number of hydrogen-bond acceptors (Lipinski definition) is 3. The van der Waals surface area contributed by atoms with Crippen molar-refractivity contribution in [1.29, 1.82) is 0 Å². The van der Waals surface area contributed by atoms with Crippen molar-refractivity contribution in [3.05, 3.63) is 54.6 Å². The van der Waals surface area contributed by atoms with E-state index in [1.54, 1.807) is 0 Å². The van der Waals surface area contributed by atoms with Gasteiger partial charge in [-0.2, -0.15) is 0 Å². The van der Waals surface area contributed by atoms with Gasteiger partial charge in [-0.3, -0.25) is 4.99 Å². The third-order valence-corrected chi connectivity index (χ3v) is 4.75. The lowest BCUT2D eigenvalue weighted by atomic mass is 10.0. The first-order chi connectivity index (χ1) is 10.4. The SMILES string of the molecule is CCCC1CN=C(Nc2ccccc2-c2ccccc2)S1. The van der Waals surface area contributed by atoms with Crippen LogP contribution < -0.4 is 5.32 Å². The molecule has 21 heavy (non-hydrogen) atoms. The first-order valence-electron chi connectivity index (χ1n) is 7.49. The summed E-state index contributed by atoms with van der Waals surface area (Å²) in [7, 11) is 0. The minimum Gasteiger partial charge on any atom is -0.334 e. The molecular formula is C18H20N2S. The summed E-state index contributed by atoms with van der Waals surface area (Å²) in [6.07, 6.45) is 2.46. The highest BCUT2D eigenvalue weighted by Gasteiger charge is 2.19. The second-order valence-corrected chi connectivity index (χ2v) is 6.50. The van der Waals surface area contributed by atoms with Gasteiger partial charge in [0, 0.05) is 16.5 Å². The highest BCUT2D eigenvalue weighted by atomic mass is 32.2. The zero-order chi connectivity index (χ0) is 14.5. The van der Waals surface area contributed by atoms with Gasteiger partial charge in [0.05, 0.1) is 6.54 Å². The fourth-order valence-corrected chi connectivity index (χ4v) is 3.67. The zero-order valence-electron chi connectivity index (χ0n) is 12.3. The predicted octanol–water partition coefficient (Wildman–Crippen LogP) is 5.04. The van der Waals surface area contributed by atoms with Crippen LogP contribution in [0.1, 0.15) is 19.8 Å². The summed E-state index contributed by atoms with van der Waals surface area (Å²) in [5.74, 6) is 0. The number of nitrogens with one attached hydrogen (secondary N) is 1. The van der Waals surface area contributed by atoms with Crippen LogP contribution in [0.4, 0.5) is 5.69 Å². The highest BCUT2D eigenvalue weighted by Crippen LogP contribution is 2.31. The van der Waals surface area contributed by atoms with Crippen molar-refractivity contribution < 1.29 is 0 Å². The summed E-state index contributed by atoms with van der Waals surface area (Å²) < 4.78 is 0. The summed E-state index contributed by atoms with van der Waals surface area (Å²) in [5.41, 5.74) is 3.58. The average molecular weight is 296 g/mol. The Hall–Kier alpha value is -1.74. The summed E-state index contributed by atoms with van der Waals surface area (Å²) >= 11 is 1.87. The molecule has 1 unspecified atom stereocenters. The van der Waals surface area contributed by atoms with Crippen LogP contribution in [0, 0.1) is 0 Å². The fourth-order valence-electron chi connectivity index (χ4n) is 2.54. The third-order valence-electron chi connectivity index (χ3n) is 3.58. The number of para-hydroxylation sites is 1.